The van der Waals surface area contributed by atoms with Gasteiger partial charge in [-0.1, -0.05) is 36.4 Å². The Kier molecular flexibility index (Phi) is 4.87. The predicted molar refractivity (Wildman–Crippen MR) is 76.5 cm³/mol. The fourth-order valence-electron chi connectivity index (χ4n) is 1.69. The standard InChI is InChI=1S/C14H14O3S2/c1-2-17-14(15)13(11-7-4-3-5-8-11)19(16)12-9-6-10-18-12/h3-10,13H,2H2,1H3. The number of hydrogen-bond acceptors (Lipinski definition) is 4. The molecule has 5 heteroatoms. The fraction of sp³-hybridized carbons (Fsp3) is 0.214. The Morgan fingerprint density at radius 2 is 2.00 bits per heavy atom. The van der Waals surface area contributed by atoms with E-state index < -0.39 is 22.0 Å². The Morgan fingerprint density at radius 1 is 1.26 bits per heavy atom. The predicted octanol–water partition coefficient (Wildman–Crippen LogP) is 3.16. The molecule has 2 unspecified atom stereocenters. The third-order valence-electron chi connectivity index (χ3n) is 2.51. The van der Waals surface area contributed by atoms with Gasteiger partial charge in [-0.2, -0.15) is 0 Å². The summed E-state index contributed by atoms with van der Waals surface area (Å²) in [5, 5.41) is 1.08. The molecule has 1 heterocycles. The lowest BCUT2D eigenvalue weighted by Gasteiger charge is -2.14. The normalized spacial score (nSPS) is 13.7. The average molecular weight is 294 g/mol. The van der Waals surface area contributed by atoms with Crippen LogP contribution in [-0.4, -0.2) is 16.8 Å². The summed E-state index contributed by atoms with van der Waals surface area (Å²) in [6.45, 7) is 2.03. The molecular weight excluding hydrogens is 280 g/mol. The molecule has 0 spiro atoms. The van der Waals surface area contributed by atoms with Crippen molar-refractivity contribution in [2.24, 2.45) is 0 Å². The first kappa shape index (κ1) is 14.0. The van der Waals surface area contributed by atoms with Crippen LogP contribution in [0.1, 0.15) is 17.7 Å². The molecule has 2 rings (SSSR count). The van der Waals surface area contributed by atoms with Crippen LogP contribution in [0.25, 0.3) is 0 Å². The molecule has 0 aliphatic carbocycles. The summed E-state index contributed by atoms with van der Waals surface area (Å²) in [6.07, 6.45) is 0. The Labute approximate surface area is 118 Å². The van der Waals surface area contributed by atoms with E-state index in [4.69, 9.17) is 4.74 Å². The van der Waals surface area contributed by atoms with E-state index in [-0.39, 0.29) is 6.61 Å². The number of rotatable bonds is 5. The molecule has 0 fully saturated rings. The molecule has 0 saturated heterocycles. The number of carbonyl (C=O) groups is 1. The quantitative estimate of drug-likeness (QED) is 0.796. The second kappa shape index (κ2) is 6.63. The van der Waals surface area contributed by atoms with Gasteiger partial charge in [-0.3, -0.25) is 9.00 Å². The first-order chi connectivity index (χ1) is 9.24. The summed E-state index contributed by atoms with van der Waals surface area (Å²) >= 11 is 1.38. The van der Waals surface area contributed by atoms with Crippen molar-refractivity contribution in [1.82, 2.24) is 0 Å². The highest BCUT2D eigenvalue weighted by Crippen LogP contribution is 2.29. The molecule has 0 N–H and O–H groups in total. The van der Waals surface area contributed by atoms with Crippen molar-refractivity contribution in [1.29, 1.82) is 0 Å². The van der Waals surface area contributed by atoms with Crippen LogP contribution in [0, 0.1) is 0 Å². The Hall–Kier alpha value is -1.46. The first-order valence-corrected chi connectivity index (χ1v) is 7.99. The highest BCUT2D eigenvalue weighted by atomic mass is 32.2. The zero-order valence-corrected chi connectivity index (χ0v) is 12.1. The van der Waals surface area contributed by atoms with Gasteiger partial charge in [-0.25, -0.2) is 0 Å². The molecular formula is C14H14O3S2. The molecule has 0 aliphatic rings. The number of hydrogen-bond donors (Lipinski definition) is 0. The highest BCUT2D eigenvalue weighted by Gasteiger charge is 2.29. The molecule has 2 atom stereocenters. The van der Waals surface area contributed by atoms with Crippen LogP contribution in [0.5, 0.6) is 0 Å². The number of esters is 1. The van der Waals surface area contributed by atoms with Crippen molar-refractivity contribution in [3.63, 3.8) is 0 Å². The maximum atomic E-state index is 12.5. The number of carbonyl (C=O) groups excluding carboxylic acids is 1. The van der Waals surface area contributed by atoms with Gasteiger partial charge in [0.1, 0.15) is 0 Å². The van der Waals surface area contributed by atoms with Gasteiger partial charge in [-0.15, -0.1) is 11.3 Å². The fourth-order valence-corrected chi connectivity index (χ4v) is 4.06. The van der Waals surface area contributed by atoms with Crippen LogP contribution in [0.15, 0.2) is 52.1 Å². The van der Waals surface area contributed by atoms with E-state index in [0.717, 1.165) is 0 Å². The van der Waals surface area contributed by atoms with E-state index in [2.05, 4.69) is 0 Å². The lowest BCUT2D eigenvalue weighted by molar-refractivity contribution is -0.142. The molecule has 2 aromatic rings. The van der Waals surface area contributed by atoms with Crippen molar-refractivity contribution < 1.29 is 13.7 Å². The van der Waals surface area contributed by atoms with Gasteiger partial charge < -0.3 is 4.74 Å². The van der Waals surface area contributed by atoms with E-state index in [1.165, 1.54) is 11.3 Å². The van der Waals surface area contributed by atoms with Crippen LogP contribution in [0.3, 0.4) is 0 Å². The third kappa shape index (κ3) is 3.30. The summed E-state index contributed by atoms with van der Waals surface area (Å²) < 4.78 is 18.3. The minimum absolute atomic E-state index is 0.282. The van der Waals surface area contributed by atoms with Gasteiger partial charge in [0.2, 0.25) is 0 Å². The summed E-state index contributed by atoms with van der Waals surface area (Å²) in [7, 11) is -1.43. The maximum Gasteiger partial charge on any atom is 0.326 e. The minimum Gasteiger partial charge on any atom is -0.465 e. The Morgan fingerprint density at radius 3 is 2.58 bits per heavy atom. The van der Waals surface area contributed by atoms with E-state index in [0.29, 0.717) is 9.77 Å². The van der Waals surface area contributed by atoms with Gasteiger partial charge in [0.25, 0.3) is 0 Å². The van der Waals surface area contributed by atoms with Crippen LogP contribution < -0.4 is 0 Å². The largest absolute Gasteiger partial charge is 0.465 e. The van der Waals surface area contributed by atoms with Crippen molar-refractivity contribution >= 4 is 28.1 Å². The van der Waals surface area contributed by atoms with E-state index in [9.17, 15) is 9.00 Å². The molecule has 0 bridgehead atoms. The number of benzene rings is 1. The smallest absolute Gasteiger partial charge is 0.326 e. The van der Waals surface area contributed by atoms with Crippen molar-refractivity contribution in [3.05, 3.63) is 53.4 Å². The monoisotopic (exact) mass is 294 g/mol. The summed E-state index contributed by atoms with van der Waals surface area (Å²) in [5.74, 6) is -0.444. The Balaban J connectivity index is 2.35. The number of thiophene rings is 1. The van der Waals surface area contributed by atoms with Gasteiger partial charge in [0.15, 0.2) is 5.25 Å². The average Bonchev–Trinajstić information content (AvgIpc) is 2.94. The van der Waals surface area contributed by atoms with Crippen LogP contribution in [0.4, 0.5) is 0 Å². The molecule has 0 saturated carbocycles. The second-order valence-electron chi connectivity index (χ2n) is 3.77. The SMILES string of the molecule is CCOC(=O)C(c1ccccc1)S(=O)c1cccs1. The molecule has 3 nitrogen and oxygen atoms in total. The van der Waals surface area contributed by atoms with Crippen LogP contribution in [-0.2, 0) is 20.3 Å². The lowest BCUT2D eigenvalue weighted by Crippen LogP contribution is -2.20. The van der Waals surface area contributed by atoms with E-state index >= 15 is 0 Å². The summed E-state index contributed by atoms with van der Waals surface area (Å²) in [4.78, 5) is 12.1. The maximum absolute atomic E-state index is 12.5. The summed E-state index contributed by atoms with van der Waals surface area (Å²) in [5.41, 5.74) is 0.715. The number of ether oxygens (including phenoxy) is 1. The molecule has 1 aromatic heterocycles. The summed E-state index contributed by atoms with van der Waals surface area (Å²) in [6, 6.07) is 12.7. The minimum atomic E-state index is -1.43. The van der Waals surface area contributed by atoms with Crippen LogP contribution >= 0.6 is 11.3 Å². The van der Waals surface area contributed by atoms with Gasteiger partial charge in [-0.05, 0) is 23.9 Å². The Bertz CT molecular complexity index is 549. The molecule has 1 aromatic carbocycles. The van der Waals surface area contributed by atoms with Gasteiger partial charge in [0.05, 0.1) is 21.6 Å². The van der Waals surface area contributed by atoms with E-state index in [1.807, 2.05) is 29.6 Å². The van der Waals surface area contributed by atoms with Crippen molar-refractivity contribution in [2.75, 3.05) is 6.61 Å². The van der Waals surface area contributed by atoms with Crippen LogP contribution in [0.2, 0.25) is 0 Å². The lowest BCUT2D eigenvalue weighted by atomic mass is 10.1. The molecule has 100 valence electrons. The van der Waals surface area contributed by atoms with E-state index in [1.54, 1.807) is 25.1 Å². The molecule has 0 radical (unpaired) electrons. The zero-order chi connectivity index (χ0) is 13.7. The topological polar surface area (TPSA) is 43.4 Å². The molecule has 0 amide bonds. The second-order valence-corrected chi connectivity index (χ2v) is 6.48. The highest BCUT2D eigenvalue weighted by molar-refractivity contribution is 7.88. The molecule has 19 heavy (non-hydrogen) atoms. The first-order valence-electron chi connectivity index (χ1n) is 5.89. The zero-order valence-electron chi connectivity index (χ0n) is 10.4. The van der Waals surface area contributed by atoms with Gasteiger partial charge in [0, 0.05) is 0 Å². The van der Waals surface area contributed by atoms with Crippen molar-refractivity contribution in [3.8, 4) is 0 Å². The molecule has 0 aliphatic heterocycles. The van der Waals surface area contributed by atoms with Gasteiger partial charge >= 0.3 is 5.97 Å². The van der Waals surface area contributed by atoms with Crippen molar-refractivity contribution in [2.45, 2.75) is 16.4 Å². The third-order valence-corrected chi connectivity index (χ3v) is 5.38.